The molecule has 1 N–H and O–H groups in total. The van der Waals surface area contributed by atoms with Crippen molar-refractivity contribution < 1.29 is 19.1 Å². The minimum Gasteiger partial charge on any atom is -0.460 e. The van der Waals surface area contributed by atoms with Crippen molar-refractivity contribution in [2.24, 2.45) is 13.0 Å². The topological polar surface area (TPSA) is 124 Å². The van der Waals surface area contributed by atoms with Gasteiger partial charge in [0.25, 0.3) is 5.91 Å². The molecule has 1 fully saturated rings. The predicted molar refractivity (Wildman–Crippen MR) is 166 cm³/mol. The van der Waals surface area contributed by atoms with Gasteiger partial charge in [0.2, 0.25) is 5.88 Å². The van der Waals surface area contributed by atoms with Gasteiger partial charge in [-0.15, -0.1) is 16.4 Å². The Hall–Kier alpha value is -4.32. The normalized spacial score (nSPS) is 15.3. The van der Waals surface area contributed by atoms with E-state index in [0.29, 0.717) is 40.4 Å². The number of amides is 1. The second kappa shape index (κ2) is 12.9. The Morgan fingerprint density at radius 2 is 2.00 bits per heavy atom. The summed E-state index contributed by atoms with van der Waals surface area (Å²) in [6.07, 6.45) is 8.14. The summed E-state index contributed by atoms with van der Waals surface area (Å²) in [4.78, 5) is 32.7. The number of aryl methyl sites for hydroxylation is 1. The number of nitrogens with one attached hydrogen (secondary N) is 1. The maximum Gasteiger partial charge on any atom is 0.306 e. The fourth-order valence-corrected chi connectivity index (χ4v) is 5.98. The van der Waals surface area contributed by atoms with Gasteiger partial charge < -0.3 is 19.7 Å². The van der Waals surface area contributed by atoms with Gasteiger partial charge in [0, 0.05) is 55.3 Å². The third kappa shape index (κ3) is 7.75. The van der Waals surface area contributed by atoms with Gasteiger partial charge in [0.1, 0.15) is 22.1 Å². The van der Waals surface area contributed by atoms with E-state index < -0.39 is 5.60 Å². The van der Waals surface area contributed by atoms with Gasteiger partial charge in [-0.3, -0.25) is 14.3 Å². The van der Waals surface area contributed by atoms with Crippen LogP contribution in [-0.2, 0) is 16.6 Å². The van der Waals surface area contributed by atoms with Crippen LogP contribution < -0.4 is 15.0 Å². The molecule has 1 aliphatic heterocycles. The molecule has 1 saturated heterocycles. The number of ether oxygens (including phenoxy) is 2. The Morgan fingerprint density at radius 1 is 1.16 bits per heavy atom. The lowest BCUT2D eigenvalue weighted by atomic mass is 9.92. The minimum absolute atomic E-state index is 0.176. The number of hydrogen-bond acceptors (Lipinski definition) is 10. The lowest BCUT2D eigenvalue weighted by Gasteiger charge is -2.37. The summed E-state index contributed by atoms with van der Waals surface area (Å²) in [7, 11) is 1.84. The van der Waals surface area contributed by atoms with Crippen molar-refractivity contribution in [2.75, 3.05) is 23.3 Å². The van der Waals surface area contributed by atoms with Crippen LogP contribution in [0.4, 0.5) is 11.4 Å². The molecule has 12 heteroatoms. The van der Waals surface area contributed by atoms with Crippen LogP contribution in [0.3, 0.4) is 0 Å². The molecular weight excluding hydrogens is 566 g/mol. The number of nitrogens with zero attached hydrogens (tertiary/aromatic N) is 6. The standard InChI is InChI=1S/C31H37N7O4S/c1-20-25(41-26-13-16-37(5)36-26)10-9-23(34-29(40)24-19-43-30(35-24)22-12-14-32-33-17-22)28(20)38-15-6-7-21(18-38)8-11-27(39)42-31(2,3)4/h9-10,12-14,16-17,19,21H,6-8,11,15,18H2,1-5H3,(H,34,40)/t21-/m0/s1. The zero-order valence-electron chi connectivity index (χ0n) is 25.2. The Bertz CT molecular complexity index is 1580. The van der Waals surface area contributed by atoms with Crippen LogP contribution in [0, 0.1) is 12.8 Å². The van der Waals surface area contributed by atoms with E-state index in [9.17, 15) is 9.59 Å². The van der Waals surface area contributed by atoms with Crippen molar-refractivity contribution in [3.05, 3.63) is 59.5 Å². The molecular formula is C31H37N7O4S. The summed E-state index contributed by atoms with van der Waals surface area (Å²) in [5, 5.41) is 17.6. The molecule has 226 valence electrons. The summed E-state index contributed by atoms with van der Waals surface area (Å²) in [5.74, 6) is 0.970. The molecule has 0 unspecified atom stereocenters. The van der Waals surface area contributed by atoms with E-state index in [1.165, 1.54) is 11.3 Å². The molecule has 4 heterocycles. The lowest BCUT2D eigenvalue weighted by molar-refractivity contribution is -0.155. The zero-order chi connectivity index (χ0) is 30.6. The molecule has 0 saturated carbocycles. The summed E-state index contributed by atoms with van der Waals surface area (Å²) < 4.78 is 13.4. The van der Waals surface area contributed by atoms with Crippen LogP contribution in [0.15, 0.2) is 48.2 Å². The molecule has 0 radical (unpaired) electrons. The van der Waals surface area contributed by atoms with E-state index in [0.717, 1.165) is 49.2 Å². The van der Waals surface area contributed by atoms with Crippen LogP contribution in [0.5, 0.6) is 11.6 Å². The number of rotatable bonds is 9. The van der Waals surface area contributed by atoms with E-state index >= 15 is 0 Å². The summed E-state index contributed by atoms with van der Waals surface area (Å²) in [5.41, 5.74) is 3.07. The van der Waals surface area contributed by atoms with Gasteiger partial charge >= 0.3 is 5.97 Å². The average Bonchev–Trinajstić information content (AvgIpc) is 3.63. The number of thiazole rings is 1. The molecule has 1 amide bonds. The molecule has 43 heavy (non-hydrogen) atoms. The third-order valence-corrected chi connectivity index (χ3v) is 8.00. The highest BCUT2D eigenvalue weighted by molar-refractivity contribution is 7.13. The van der Waals surface area contributed by atoms with Crippen molar-refractivity contribution in [3.8, 4) is 22.2 Å². The molecule has 5 rings (SSSR count). The highest BCUT2D eigenvalue weighted by Crippen LogP contribution is 2.40. The number of piperidine rings is 1. The van der Waals surface area contributed by atoms with Crippen LogP contribution in [0.1, 0.15) is 62.5 Å². The second-order valence-electron chi connectivity index (χ2n) is 11.7. The fourth-order valence-electron chi connectivity index (χ4n) is 5.19. The quantitative estimate of drug-likeness (QED) is 0.229. The Balaban J connectivity index is 1.38. The van der Waals surface area contributed by atoms with Crippen molar-refractivity contribution in [1.82, 2.24) is 25.0 Å². The monoisotopic (exact) mass is 603 g/mol. The maximum absolute atomic E-state index is 13.4. The van der Waals surface area contributed by atoms with Crippen molar-refractivity contribution >= 4 is 34.6 Å². The van der Waals surface area contributed by atoms with Gasteiger partial charge in [0.05, 0.1) is 23.8 Å². The Morgan fingerprint density at radius 3 is 2.72 bits per heavy atom. The number of anilines is 2. The summed E-state index contributed by atoms with van der Waals surface area (Å²) in [6.45, 7) is 9.20. The summed E-state index contributed by atoms with van der Waals surface area (Å²) in [6, 6.07) is 7.33. The third-order valence-electron chi connectivity index (χ3n) is 7.11. The van der Waals surface area contributed by atoms with Gasteiger partial charge in [-0.1, -0.05) is 0 Å². The zero-order valence-corrected chi connectivity index (χ0v) is 26.0. The fraction of sp³-hybridized carbons (Fsp3) is 0.419. The minimum atomic E-state index is -0.499. The van der Waals surface area contributed by atoms with Crippen LogP contribution in [0.2, 0.25) is 0 Å². The van der Waals surface area contributed by atoms with Crippen LogP contribution in [-0.4, -0.2) is 55.5 Å². The first kappa shape index (κ1) is 30.1. The molecule has 1 aromatic carbocycles. The van der Waals surface area contributed by atoms with E-state index in [1.54, 1.807) is 28.5 Å². The van der Waals surface area contributed by atoms with E-state index in [4.69, 9.17) is 9.47 Å². The molecule has 11 nitrogen and oxygen atoms in total. The predicted octanol–water partition coefficient (Wildman–Crippen LogP) is 6.02. The second-order valence-corrected chi connectivity index (χ2v) is 12.6. The van der Waals surface area contributed by atoms with Gasteiger partial charge in [0.15, 0.2) is 0 Å². The first-order chi connectivity index (χ1) is 20.6. The SMILES string of the molecule is Cc1c(Oc2ccn(C)n2)ccc(NC(=O)c2csc(-c3ccnnc3)n2)c1N1CCC[C@@H](CCC(=O)OC(C)(C)C)C1. The molecule has 0 spiro atoms. The first-order valence-corrected chi connectivity index (χ1v) is 15.3. The van der Waals surface area contributed by atoms with E-state index in [1.807, 2.05) is 59.1 Å². The van der Waals surface area contributed by atoms with Gasteiger partial charge in [-0.05, 0) is 71.1 Å². The smallest absolute Gasteiger partial charge is 0.306 e. The molecule has 3 aromatic heterocycles. The number of aromatic nitrogens is 5. The van der Waals surface area contributed by atoms with Crippen molar-refractivity contribution in [1.29, 1.82) is 0 Å². The first-order valence-electron chi connectivity index (χ1n) is 14.4. The highest BCUT2D eigenvalue weighted by atomic mass is 32.1. The van der Waals surface area contributed by atoms with E-state index in [2.05, 4.69) is 30.5 Å². The molecule has 1 aliphatic rings. The van der Waals surface area contributed by atoms with Gasteiger partial charge in [-0.2, -0.15) is 10.2 Å². The number of carbonyl (C=O) groups excluding carboxylic acids is 2. The van der Waals surface area contributed by atoms with Crippen molar-refractivity contribution in [2.45, 2.75) is 59.0 Å². The summed E-state index contributed by atoms with van der Waals surface area (Å²) >= 11 is 1.38. The van der Waals surface area contributed by atoms with Crippen molar-refractivity contribution in [3.63, 3.8) is 0 Å². The average molecular weight is 604 g/mol. The van der Waals surface area contributed by atoms with Crippen LogP contribution in [0.25, 0.3) is 10.6 Å². The number of benzene rings is 1. The largest absolute Gasteiger partial charge is 0.460 e. The number of hydrogen-bond donors (Lipinski definition) is 1. The molecule has 1 atom stereocenters. The highest BCUT2D eigenvalue weighted by Gasteiger charge is 2.27. The van der Waals surface area contributed by atoms with Gasteiger partial charge in [-0.25, -0.2) is 4.98 Å². The molecule has 4 aromatic rings. The maximum atomic E-state index is 13.4. The number of carbonyl (C=O) groups is 2. The Kier molecular flexibility index (Phi) is 9.05. The van der Waals surface area contributed by atoms with Crippen LogP contribution >= 0.6 is 11.3 Å². The molecule has 0 bridgehead atoms. The lowest BCUT2D eigenvalue weighted by Crippen LogP contribution is -2.37. The number of esters is 1. The van der Waals surface area contributed by atoms with E-state index in [-0.39, 0.29) is 11.9 Å². The Labute approximate surface area is 255 Å². The molecule has 0 aliphatic carbocycles.